The van der Waals surface area contributed by atoms with E-state index in [1.165, 1.54) is 0 Å². The lowest BCUT2D eigenvalue weighted by Gasteiger charge is -2.32. The van der Waals surface area contributed by atoms with Gasteiger partial charge in [0.2, 0.25) is 0 Å². The van der Waals surface area contributed by atoms with E-state index in [2.05, 4.69) is 17.1 Å². The lowest BCUT2D eigenvalue weighted by atomic mass is 10.2. The van der Waals surface area contributed by atoms with Crippen LogP contribution in [-0.2, 0) is 0 Å². The van der Waals surface area contributed by atoms with Crippen molar-refractivity contribution >= 4 is 29.6 Å². The van der Waals surface area contributed by atoms with Crippen molar-refractivity contribution in [1.29, 1.82) is 0 Å². The first-order chi connectivity index (χ1) is 4.70. The van der Waals surface area contributed by atoms with E-state index in [0.717, 1.165) is 24.6 Å². The highest BCUT2D eigenvalue weighted by atomic mass is 35.5. The molecule has 0 spiro atoms. The number of thiocarbonyl (C=S) groups is 1. The molecule has 1 fully saturated rings. The minimum Gasteiger partial charge on any atom is -0.364 e. The molecular weight excluding hydrogens is 180 g/mol. The van der Waals surface area contributed by atoms with Crippen LogP contribution < -0.4 is 5.32 Å². The molecule has 66 valence electrons. The molecule has 0 aromatic carbocycles. The van der Waals surface area contributed by atoms with Crippen LogP contribution in [0.5, 0.6) is 0 Å². The highest BCUT2D eigenvalue weighted by Gasteiger charge is 2.14. The summed E-state index contributed by atoms with van der Waals surface area (Å²) in [5.74, 6) is 0. The Hall–Kier alpha value is 0.140. The van der Waals surface area contributed by atoms with Gasteiger partial charge >= 0.3 is 0 Å². The number of nitrogens with zero attached hydrogens (tertiary/aromatic N) is 1. The highest BCUT2D eigenvalue weighted by Crippen LogP contribution is 1.99. The second kappa shape index (κ2) is 4.91. The van der Waals surface area contributed by atoms with Crippen LogP contribution in [0.1, 0.15) is 13.8 Å². The predicted molar refractivity (Wildman–Crippen MR) is 54.6 cm³/mol. The molecule has 1 aliphatic heterocycles. The van der Waals surface area contributed by atoms with Gasteiger partial charge in [-0.1, -0.05) is 12.2 Å². The first-order valence-electron chi connectivity index (χ1n) is 3.69. The van der Waals surface area contributed by atoms with Crippen molar-refractivity contribution < 1.29 is 0 Å². The standard InChI is InChI=1S/C7H14N2S.ClH/c1-6-5-9(7(2)10)4-3-8-6;/h6,8H,3-5H2,1-2H3;1H/t6-;/m1./s1. The lowest BCUT2D eigenvalue weighted by Crippen LogP contribution is -2.50. The number of rotatable bonds is 0. The largest absolute Gasteiger partial charge is 0.364 e. The minimum absolute atomic E-state index is 0. The van der Waals surface area contributed by atoms with Gasteiger partial charge in [0.1, 0.15) is 0 Å². The van der Waals surface area contributed by atoms with Gasteiger partial charge in [-0.3, -0.25) is 0 Å². The van der Waals surface area contributed by atoms with Gasteiger partial charge in [0, 0.05) is 25.7 Å². The molecule has 0 bridgehead atoms. The summed E-state index contributed by atoms with van der Waals surface area (Å²) >= 11 is 5.07. The van der Waals surface area contributed by atoms with Crippen molar-refractivity contribution in [2.75, 3.05) is 19.6 Å². The van der Waals surface area contributed by atoms with E-state index in [-0.39, 0.29) is 12.4 Å². The van der Waals surface area contributed by atoms with E-state index in [0.29, 0.717) is 6.04 Å². The predicted octanol–water partition coefficient (Wildman–Crippen LogP) is 1.05. The van der Waals surface area contributed by atoms with Crippen LogP contribution in [-0.4, -0.2) is 35.6 Å². The summed E-state index contributed by atoms with van der Waals surface area (Å²) in [4.78, 5) is 3.27. The van der Waals surface area contributed by atoms with E-state index in [1.807, 2.05) is 6.92 Å². The van der Waals surface area contributed by atoms with E-state index < -0.39 is 0 Å². The second-order valence-corrected chi connectivity index (χ2v) is 3.41. The molecule has 1 atom stereocenters. The summed E-state index contributed by atoms with van der Waals surface area (Å²) in [6.07, 6.45) is 0. The van der Waals surface area contributed by atoms with Gasteiger partial charge in [0.25, 0.3) is 0 Å². The summed E-state index contributed by atoms with van der Waals surface area (Å²) in [6, 6.07) is 0.589. The average molecular weight is 195 g/mol. The fraction of sp³-hybridized carbons (Fsp3) is 0.857. The molecule has 1 heterocycles. The Morgan fingerprint density at radius 3 is 2.64 bits per heavy atom. The van der Waals surface area contributed by atoms with Gasteiger partial charge in [-0.2, -0.15) is 0 Å². The van der Waals surface area contributed by atoms with Gasteiger partial charge in [-0.25, -0.2) is 0 Å². The Balaban J connectivity index is 0.000001000. The molecule has 0 aromatic rings. The van der Waals surface area contributed by atoms with Gasteiger partial charge in [0.15, 0.2) is 0 Å². The first-order valence-corrected chi connectivity index (χ1v) is 4.10. The third-order valence-electron chi connectivity index (χ3n) is 1.81. The van der Waals surface area contributed by atoms with E-state index >= 15 is 0 Å². The van der Waals surface area contributed by atoms with Crippen LogP contribution in [0.2, 0.25) is 0 Å². The summed E-state index contributed by atoms with van der Waals surface area (Å²) < 4.78 is 0. The molecule has 4 heteroatoms. The van der Waals surface area contributed by atoms with Gasteiger partial charge in [0.05, 0.1) is 4.99 Å². The van der Waals surface area contributed by atoms with Crippen LogP contribution in [0.4, 0.5) is 0 Å². The molecule has 1 aliphatic rings. The van der Waals surface area contributed by atoms with Crippen LogP contribution in [0.15, 0.2) is 0 Å². The Bertz CT molecular complexity index is 140. The van der Waals surface area contributed by atoms with E-state index in [4.69, 9.17) is 12.2 Å². The van der Waals surface area contributed by atoms with Gasteiger partial charge in [-0.15, -0.1) is 12.4 Å². The number of nitrogens with one attached hydrogen (secondary N) is 1. The molecule has 1 saturated heterocycles. The molecule has 0 aromatic heterocycles. The summed E-state index contributed by atoms with van der Waals surface area (Å²) in [7, 11) is 0. The Labute approximate surface area is 79.7 Å². The maximum Gasteiger partial charge on any atom is 0.0748 e. The maximum atomic E-state index is 5.07. The summed E-state index contributed by atoms with van der Waals surface area (Å²) in [5.41, 5.74) is 0. The molecule has 0 saturated carbocycles. The summed E-state index contributed by atoms with van der Waals surface area (Å²) in [6.45, 7) is 7.38. The smallest absolute Gasteiger partial charge is 0.0748 e. The monoisotopic (exact) mass is 194 g/mol. The van der Waals surface area contributed by atoms with Crippen molar-refractivity contribution in [3.63, 3.8) is 0 Å². The zero-order valence-corrected chi connectivity index (χ0v) is 8.60. The molecule has 0 amide bonds. The number of hydrogen-bond acceptors (Lipinski definition) is 2. The molecular formula is C7H15ClN2S. The zero-order chi connectivity index (χ0) is 7.56. The van der Waals surface area contributed by atoms with Crippen molar-refractivity contribution in [3.8, 4) is 0 Å². The molecule has 11 heavy (non-hydrogen) atoms. The maximum absolute atomic E-state index is 5.07. The first kappa shape index (κ1) is 11.1. The molecule has 0 aliphatic carbocycles. The van der Waals surface area contributed by atoms with Crippen LogP contribution in [0, 0.1) is 0 Å². The average Bonchev–Trinajstić information content (AvgIpc) is 1.88. The third-order valence-corrected chi connectivity index (χ3v) is 2.07. The second-order valence-electron chi connectivity index (χ2n) is 2.82. The molecule has 0 radical (unpaired) electrons. The fourth-order valence-electron chi connectivity index (χ4n) is 1.22. The Morgan fingerprint density at radius 2 is 2.27 bits per heavy atom. The Kier molecular flexibility index (Phi) is 4.97. The zero-order valence-electron chi connectivity index (χ0n) is 6.96. The fourth-order valence-corrected chi connectivity index (χ4v) is 1.38. The topological polar surface area (TPSA) is 15.3 Å². The van der Waals surface area contributed by atoms with E-state index in [1.54, 1.807) is 0 Å². The minimum atomic E-state index is 0. The van der Waals surface area contributed by atoms with Crippen molar-refractivity contribution in [3.05, 3.63) is 0 Å². The van der Waals surface area contributed by atoms with Gasteiger partial charge in [-0.05, 0) is 13.8 Å². The SMILES string of the molecule is CC(=S)N1CCN[C@H](C)C1.Cl. The van der Waals surface area contributed by atoms with Crippen LogP contribution in [0.3, 0.4) is 0 Å². The molecule has 1 N–H and O–H groups in total. The van der Waals surface area contributed by atoms with Crippen LogP contribution >= 0.6 is 24.6 Å². The highest BCUT2D eigenvalue weighted by molar-refractivity contribution is 7.80. The molecule has 0 unspecified atom stereocenters. The number of hydrogen-bond donors (Lipinski definition) is 1. The summed E-state index contributed by atoms with van der Waals surface area (Å²) in [5, 5.41) is 3.37. The van der Waals surface area contributed by atoms with Crippen molar-refractivity contribution in [2.24, 2.45) is 0 Å². The molecule has 2 nitrogen and oxygen atoms in total. The van der Waals surface area contributed by atoms with E-state index in [9.17, 15) is 0 Å². The normalized spacial score (nSPS) is 24.2. The third kappa shape index (κ3) is 3.36. The Morgan fingerprint density at radius 1 is 1.64 bits per heavy atom. The lowest BCUT2D eigenvalue weighted by molar-refractivity contribution is 0.306. The number of piperazine rings is 1. The number of halogens is 1. The van der Waals surface area contributed by atoms with Crippen molar-refractivity contribution in [2.45, 2.75) is 19.9 Å². The quantitative estimate of drug-likeness (QED) is 0.581. The van der Waals surface area contributed by atoms with Crippen molar-refractivity contribution in [1.82, 2.24) is 10.2 Å². The van der Waals surface area contributed by atoms with Crippen LogP contribution in [0.25, 0.3) is 0 Å². The molecule has 1 rings (SSSR count). The van der Waals surface area contributed by atoms with Gasteiger partial charge < -0.3 is 10.2 Å².